The number of rotatable bonds is 8. The molecule has 0 spiro atoms. The zero-order chi connectivity index (χ0) is 10.8. The number of hydrogen-bond acceptors (Lipinski definition) is 2. The summed E-state index contributed by atoms with van der Waals surface area (Å²) in [5, 5.41) is 0. The second kappa shape index (κ2) is 8.53. The summed E-state index contributed by atoms with van der Waals surface area (Å²) in [6, 6.07) is 0. The minimum atomic E-state index is 0.168. The Morgan fingerprint density at radius 2 is 1.64 bits per heavy atom. The first-order valence-corrected chi connectivity index (χ1v) is 5.17. The van der Waals surface area contributed by atoms with E-state index in [2.05, 4.69) is 4.99 Å². The quantitative estimate of drug-likeness (QED) is 0.350. The summed E-state index contributed by atoms with van der Waals surface area (Å²) in [6.07, 6.45) is 6.17. The van der Waals surface area contributed by atoms with Crippen LogP contribution in [0.2, 0.25) is 0 Å². The van der Waals surface area contributed by atoms with E-state index in [0.29, 0.717) is 6.42 Å². The van der Waals surface area contributed by atoms with Crippen LogP contribution in [0.3, 0.4) is 0 Å². The van der Waals surface area contributed by atoms with E-state index in [-0.39, 0.29) is 11.7 Å². The molecule has 0 aromatic heterocycles. The van der Waals surface area contributed by atoms with Gasteiger partial charge in [0.2, 0.25) is 0 Å². The van der Waals surface area contributed by atoms with Crippen LogP contribution >= 0.6 is 0 Å². The lowest BCUT2D eigenvalue weighted by Crippen LogP contribution is -2.22. The Labute approximate surface area is 85.8 Å². The van der Waals surface area contributed by atoms with E-state index in [4.69, 9.17) is 11.5 Å². The van der Waals surface area contributed by atoms with Crippen LogP contribution in [0.25, 0.3) is 0 Å². The van der Waals surface area contributed by atoms with E-state index < -0.39 is 0 Å². The highest BCUT2D eigenvalue weighted by Crippen LogP contribution is 2.05. The van der Waals surface area contributed by atoms with Gasteiger partial charge in [-0.25, -0.2) is 0 Å². The molecule has 0 atom stereocenters. The molecule has 82 valence electrons. The van der Waals surface area contributed by atoms with E-state index in [1.807, 2.05) is 0 Å². The van der Waals surface area contributed by atoms with Gasteiger partial charge >= 0.3 is 0 Å². The third kappa shape index (κ3) is 10.9. The molecular formula is C10H21N3O. The van der Waals surface area contributed by atoms with Gasteiger partial charge in [-0.2, -0.15) is 0 Å². The molecule has 0 heterocycles. The topological polar surface area (TPSA) is 81.5 Å². The minimum absolute atomic E-state index is 0.168. The van der Waals surface area contributed by atoms with E-state index in [1.165, 1.54) is 0 Å². The highest BCUT2D eigenvalue weighted by atomic mass is 16.1. The van der Waals surface area contributed by atoms with Gasteiger partial charge in [-0.3, -0.25) is 4.99 Å². The van der Waals surface area contributed by atoms with Gasteiger partial charge < -0.3 is 16.3 Å². The van der Waals surface area contributed by atoms with Crippen molar-refractivity contribution < 1.29 is 4.79 Å². The number of ketones is 1. The predicted octanol–water partition coefficient (Wildman–Crippen LogP) is 1.19. The fourth-order valence-electron chi connectivity index (χ4n) is 1.22. The van der Waals surface area contributed by atoms with Gasteiger partial charge in [0.15, 0.2) is 5.96 Å². The Kier molecular flexibility index (Phi) is 7.89. The van der Waals surface area contributed by atoms with Gasteiger partial charge in [0, 0.05) is 13.0 Å². The first-order chi connectivity index (χ1) is 6.63. The van der Waals surface area contributed by atoms with Gasteiger partial charge in [0.1, 0.15) is 5.78 Å². The number of aliphatic imine (C=N–C) groups is 1. The predicted molar refractivity (Wildman–Crippen MR) is 59.1 cm³/mol. The SMILES string of the molecule is CC(=O)CCCCCCCN=C(N)N. The number of hydrogen-bond donors (Lipinski definition) is 2. The molecule has 0 bridgehead atoms. The molecule has 0 radical (unpaired) electrons. The van der Waals surface area contributed by atoms with Gasteiger partial charge in [0.25, 0.3) is 0 Å². The zero-order valence-corrected chi connectivity index (χ0v) is 8.96. The van der Waals surface area contributed by atoms with Crippen molar-refractivity contribution in [1.29, 1.82) is 0 Å². The van der Waals surface area contributed by atoms with E-state index in [0.717, 1.165) is 38.6 Å². The smallest absolute Gasteiger partial charge is 0.185 e. The average molecular weight is 199 g/mol. The lowest BCUT2D eigenvalue weighted by molar-refractivity contribution is -0.117. The number of Topliss-reactive ketones (excluding diaryl/α,β-unsaturated/α-hetero) is 1. The molecule has 0 unspecified atom stereocenters. The van der Waals surface area contributed by atoms with Crippen LogP contribution in [-0.2, 0) is 4.79 Å². The van der Waals surface area contributed by atoms with E-state index in [1.54, 1.807) is 6.92 Å². The summed E-state index contributed by atoms with van der Waals surface area (Å²) < 4.78 is 0. The van der Waals surface area contributed by atoms with Crippen LogP contribution in [0.1, 0.15) is 45.4 Å². The summed E-state index contributed by atoms with van der Waals surface area (Å²) in [5.41, 5.74) is 10.4. The summed E-state index contributed by atoms with van der Waals surface area (Å²) in [6.45, 7) is 2.35. The lowest BCUT2D eigenvalue weighted by Gasteiger charge is -1.98. The number of guanidine groups is 1. The number of carbonyl (C=O) groups is 1. The summed E-state index contributed by atoms with van der Waals surface area (Å²) >= 11 is 0. The first-order valence-electron chi connectivity index (χ1n) is 5.17. The molecule has 4 N–H and O–H groups in total. The van der Waals surface area contributed by atoms with Crippen molar-refractivity contribution in [3.05, 3.63) is 0 Å². The molecule has 0 saturated heterocycles. The van der Waals surface area contributed by atoms with Crippen LogP contribution in [0, 0.1) is 0 Å². The fraction of sp³-hybridized carbons (Fsp3) is 0.800. The summed E-state index contributed by atoms with van der Waals surface area (Å²) in [5.74, 6) is 0.451. The normalized spacial score (nSPS) is 9.79. The molecule has 0 rings (SSSR count). The molecule has 0 amide bonds. The number of nitrogens with two attached hydrogens (primary N) is 2. The highest BCUT2D eigenvalue weighted by molar-refractivity contribution is 5.75. The molecule has 0 aliphatic carbocycles. The minimum Gasteiger partial charge on any atom is -0.370 e. The van der Waals surface area contributed by atoms with Crippen molar-refractivity contribution in [3.8, 4) is 0 Å². The van der Waals surface area contributed by atoms with Crippen LogP contribution in [0.4, 0.5) is 0 Å². The maximum atomic E-state index is 10.6. The van der Waals surface area contributed by atoms with Crippen molar-refractivity contribution >= 4 is 11.7 Å². The highest BCUT2D eigenvalue weighted by Gasteiger charge is 1.93. The zero-order valence-electron chi connectivity index (χ0n) is 8.96. The summed E-state index contributed by atoms with van der Waals surface area (Å²) in [7, 11) is 0. The Morgan fingerprint density at radius 1 is 1.07 bits per heavy atom. The van der Waals surface area contributed by atoms with Gasteiger partial charge in [-0.15, -0.1) is 0 Å². The van der Waals surface area contributed by atoms with Crippen molar-refractivity contribution in [2.45, 2.75) is 45.4 Å². The van der Waals surface area contributed by atoms with Gasteiger partial charge in [-0.1, -0.05) is 19.3 Å². The first kappa shape index (κ1) is 12.9. The molecule has 4 heteroatoms. The molecule has 14 heavy (non-hydrogen) atoms. The van der Waals surface area contributed by atoms with Crippen molar-refractivity contribution in [1.82, 2.24) is 0 Å². The van der Waals surface area contributed by atoms with Crippen LogP contribution in [0.15, 0.2) is 4.99 Å². The van der Waals surface area contributed by atoms with Crippen molar-refractivity contribution in [2.75, 3.05) is 6.54 Å². The second-order valence-corrected chi connectivity index (χ2v) is 3.53. The maximum absolute atomic E-state index is 10.6. The van der Waals surface area contributed by atoms with E-state index in [9.17, 15) is 4.79 Å². The molecule has 0 saturated carbocycles. The largest absolute Gasteiger partial charge is 0.370 e. The number of unbranched alkanes of at least 4 members (excludes halogenated alkanes) is 4. The van der Waals surface area contributed by atoms with Crippen LogP contribution in [0.5, 0.6) is 0 Å². The standard InChI is InChI=1S/C10H21N3O/c1-9(14)7-5-3-2-4-6-8-13-10(11)12/h2-8H2,1H3,(H4,11,12,13). The Morgan fingerprint density at radius 3 is 2.21 bits per heavy atom. The Bertz CT molecular complexity index is 186. The number of carbonyl (C=O) groups excluding carboxylic acids is 1. The molecule has 0 fully saturated rings. The monoisotopic (exact) mass is 199 g/mol. The molecular weight excluding hydrogens is 178 g/mol. The van der Waals surface area contributed by atoms with Crippen molar-refractivity contribution in [2.24, 2.45) is 16.5 Å². The average Bonchev–Trinajstić information content (AvgIpc) is 2.08. The summed E-state index contributed by atoms with van der Waals surface area (Å²) in [4.78, 5) is 14.5. The lowest BCUT2D eigenvalue weighted by atomic mass is 10.1. The third-order valence-corrected chi connectivity index (χ3v) is 1.98. The van der Waals surface area contributed by atoms with Crippen molar-refractivity contribution in [3.63, 3.8) is 0 Å². The third-order valence-electron chi connectivity index (χ3n) is 1.98. The Hall–Kier alpha value is -1.06. The van der Waals surface area contributed by atoms with Gasteiger partial charge in [-0.05, 0) is 19.8 Å². The fourth-order valence-corrected chi connectivity index (χ4v) is 1.22. The number of nitrogens with zero attached hydrogens (tertiary/aromatic N) is 1. The molecule has 0 aliphatic rings. The molecule has 0 aliphatic heterocycles. The van der Waals surface area contributed by atoms with Crippen LogP contribution in [-0.4, -0.2) is 18.3 Å². The van der Waals surface area contributed by atoms with Gasteiger partial charge in [0.05, 0.1) is 0 Å². The van der Waals surface area contributed by atoms with Crippen LogP contribution < -0.4 is 11.5 Å². The maximum Gasteiger partial charge on any atom is 0.185 e. The molecule has 0 aromatic rings. The Balaban J connectivity index is 3.07. The molecule has 0 aromatic carbocycles. The molecule has 4 nitrogen and oxygen atoms in total. The second-order valence-electron chi connectivity index (χ2n) is 3.53. The van der Waals surface area contributed by atoms with E-state index >= 15 is 0 Å².